The van der Waals surface area contributed by atoms with Crippen LogP contribution in [0, 0.1) is 11.6 Å². The van der Waals surface area contributed by atoms with Gasteiger partial charge in [0.15, 0.2) is 11.0 Å². The maximum atomic E-state index is 14.9. The summed E-state index contributed by atoms with van der Waals surface area (Å²) >= 11 is 5.95. The lowest BCUT2D eigenvalue weighted by molar-refractivity contribution is 0.120. The molecule has 3 aromatic rings. The number of piperidine rings is 1. The SMILES string of the molecule is C[C@@H]1Cc2cncc(F)c2CN1c1nc(OC[C@@H]2CCCCN2C)nc2c(F)c(Cl)ncc12. The third-order valence-corrected chi connectivity index (χ3v) is 6.93. The molecular weight excluding hydrogens is 450 g/mol. The van der Waals surface area contributed by atoms with Gasteiger partial charge >= 0.3 is 6.01 Å². The Bertz CT molecular complexity index is 1200. The molecule has 0 saturated carbocycles. The van der Waals surface area contributed by atoms with Gasteiger partial charge in [-0.2, -0.15) is 9.97 Å². The molecule has 5 rings (SSSR count). The highest BCUT2D eigenvalue weighted by Gasteiger charge is 2.30. The number of likely N-dealkylation sites (N-methyl/N-ethyl adjacent to an activating group) is 1. The van der Waals surface area contributed by atoms with Crippen LogP contribution in [-0.4, -0.2) is 57.1 Å². The van der Waals surface area contributed by atoms with Crippen LogP contribution in [0.3, 0.4) is 0 Å². The Morgan fingerprint density at radius 1 is 1.18 bits per heavy atom. The predicted octanol–water partition coefficient (Wildman–Crippen LogP) is 4.17. The summed E-state index contributed by atoms with van der Waals surface area (Å²) in [5.41, 5.74) is 1.46. The van der Waals surface area contributed by atoms with Gasteiger partial charge in [0.2, 0.25) is 0 Å². The van der Waals surface area contributed by atoms with Crippen molar-refractivity contribution in [2.45, 2.75) is 51.2 Å². The second-order valence-electron chi connectivity index (χ2n) is 8.84. The lowest BCUT2D eigenvalue weighted by atomic mass is 9.96. The summed E-state index contributed by atoms with van der Waals surface area (Å²) in [4.78, 5) is 21.1. The van der Waals surface area contributed by atoms with Gasteiger partial charge in [0.25, 0.3) is 0 Å². The molecule has 0 unspecified atom stereocenters. The highest BCUT2D eigenvalue weighted by atomic mass is 35.5. The summed E-state index contributed by atoms with van der Waals surface area (Å²) < 4.78 is 35.4. The first-order chi connectivity index (χ1) is 15.9. The van der Waals surface area contributed by atoms with Crippen molar-refractivity contribution in [3.8, 4) is 6.01 Å². The first-order valence-corrected chi connectivity index (χ1v) is 11.5. The summed E-state index contributed by atoms with van der Waals surface area (Å²) in [7, 11) is 2.07. The standard InChI is InChI=1S/C23H25ClF2N6O/c1-13-7-14-8-27-10-18(25)17(14)11-32(13)22-16-9-28-21(24)19(26)20(16)29-23(30-22)33-12-15-5-3-4-6-31(15)2/h8-10,13,15H,3-7,11-12H2,1-2H3/t13-,15+/m1/s1. The van der Waals surface area contributed by atoms with E-state index in [1.54, 1.807) is 6.20 Å². The van der Waals surface area contributed by atoms with Crippen molar-refractivity contribution < 1.29 is 13.5 Å². The molecular formula is C23H25ClF2N6O. The molecule has 2 aliphatic rings. The van der Waals surface area contributed by atoms with E-state index in [1.807, 2.05) is 11.8 Å². The Morgan fingerprint density at radius 2 is 2.03 bits per heavy atom. The van der Waals surface area contributed by atoms with Gasteiger partial charge in [0.1, 0.15) is 23.8 Å². The van der Waals surface area contributed by atoms with Crippen LogP contribution in [0.1, 0.15) is 37.3 Å². The van der Waals surface area contributed by atoms with Crippen LogP contribution in [0.4, 0.5) is 14.6 Å². The molecule has 1 saturated heterocycles. The van der Waals surface area contributed by atoms with Gasteiger partial charge in [-0.05, 0) is 45.3 Å². The van der Waals surface area contributed by atoms with Gasteiger partial charge in [0.05, 0.1) is 11.6 Å². The molecule has 0 spiro atoms. The molecule has 174 valence electrons. The highest BCUT2D eigenvalue weighted by Crippen LogP contribution is 2.35. The van der Waals surface area contributed by atoms with Crippen molar-refractivity contribution in [3.63, 3.8) is 0 Å². The van der Waals surface area contributed by atoms with Crippen molar-refractivity contribution in [3.05, 3.63) is 46.5 Å². The zero-order valence-electron chi connectivity index (χ0n) is 18.6. The second-order valence-corrected chi connectivity index (χ2v) is 9.19. The van der Waals surface area contributed by atoms with Crippen LogP contribution >= 0.6 is 11.6 Å². The average Bonchev–Trinajstić information content (AvgIpc) is 2.80. The number of pyridine rings is 2. The van der Waals surface area contributed by atoms with Crippen molar-refractivity contribution in [1.82, 2.24) is 24.8 Å². The fourth-order valence-electron chi connectivity index (χ4n) is 4.70. The van der Waals surface area contributed by atoms with Crippen LogP contribution in [0.15, 0.2) is 18.6 Å². The molecule has 2 aliphatic heterocycles. The Balaban J connectivity index is 1.54. The molecule has 33 heavy (non-hydrogen) atoms. The average molecular weight is 475 g/mol. The largest absolute Gasteiger partial charge is 0.462 e. The van der Waals surface area contributed by atoms with Crippen LogP contribution in [0.2, 0.25) is 5.15 Å². The Labute approximate surface area is 195 Å². The molecule has 2 atom stereocenters. The molecule has 0 radical (unpaired) electrons. The lowest BCUT2D eigenvalue weighted by Crippen LogP contribution is -2.41. The topological polar surface area (TPSA) is 67.3 Å². The molecule has 0 aromatic carbocycles. The molecule has 5 heterocycles. The minimum atomic E-state index is -0.724. The van der Waals surface area contributed by atoms with Crippen LogP contribution in [-0.2, 0) is 13.0 Å². The molecule has 3 aromatic heterocycles. The van der Waals surface area contributed by atoms with Crippen LogP contribution in [0.5, 0.6) is 6.01 Å². The first-order valence-electron chi connectivity index (χ1n) is 11.1. The summed E-state index contributed by atoms with van der Waals surface area (Å²) in [6.07, 6.45) is 8.28. The van der Waals surface area contributed by atoms with Crippen molar-refractivity contribution in [1.29, 1.82) is 0 Å². The van der Waals surface area contributed by atoms with Gasteiger partial charge in [0, 0.05) is 36.6 Å². The number of halogens is 3. The minimum Gasteiger partial charge on any atom is -0.462 e. The number of rotatable bonds is 4. The summed E-state index contributed by atoms with van der Waals surface area (Å²) in [5.74, 6) is -0.644. The molecule has 0 N–H and O–H groups in total. The third kappa shape index (κ3) is 4.19. The second kappa shape index (κ2) is 8.95. The fourth-order valence-corrected chi connectivity index (χ4v) is 4.84. The Hall–Kier alpha value is -2.65. The highest BCUT2D eigenvalue weighted by molar-refractivity contribution is 6.30. The van der Waals surface area contributed by atoms with E-state index in [4.69, 9.17) is 16.3 Å². The Kier molecular flexibility index (Phi) is 6.01. The minimum absolute atomic E-state index is 0.0322. The van der Waals surface area contributed by atoms with E-state index >= 15 is 0 Å². The molecule has 0 aliphatic carbocycles. The molecule has 1 fully saturated rings. The van der Waals surface area contributed by atoms with Gasteiger partial charge in [-0.3, -0.25) is 4.98 Å². The predicted molar refractivity (Wildman–Crippen MR) is 122 cm³/mol. The number of nitrogens with zero attached hydrogens (tertiary/aromatic N) is 6. The number of hydrogen-bond acceptors (Lipinski definition) is 7. The van der Waals surface area contributed by atoms with E-state index in [0.29, 0.717) is 29.8 Å². The van der Waals surface area contributed by atoms with E-state index < -0.39 is 5.82 Å². The molecule has 0 bridgehead atoms. The number of anilines is 1. The molecule has 0 amide bonds. The number of likely N-dealkylation sites (tertiary alicyclic amines) is 1. The van der Waals surface area contributed by atoms with E-state index in [0.717, 1.165) is 24.9 Å². The normalized spacial score (nSPS) is 21.3. The Morgan fingerprint density at radius 3 is 2.85 bits per heavy atom. The van der Waals surface area contributed by atoms with Crippen molar-refractivity contribution in [2.24, 2.45) is 0 Å². The number of hydrogen-bond donors (Lipinski definition) is 0. The van der Waals surface area contributed by atoms with Crippen LogP contribution in [0.25, 0.3) is 10.9 Å². The molecule has 7 nitrogen and oxygen atoms in total. The summed E-state index contributed by atoms with van der Waals surface area (Å²) in [6.45, 7) is 3.70. The summed E-state index contributed by atoms with van der Waals surface area (Å²) in [5, 5.41) is 0.142. The zero-order valence-corrected chi connectivity index (χ0v) is 19.3. The quantitative estimate of drug-likeness (QED) is 0.526. The number of fused-ring (bicyclic) bond motifs is 2. The zero-order chi connectivity index (χ0) is 23.1. The smallest absolute Gasteiger partial charge is 0.319 e. The van der Waals surface area contributed by atoms with E-state index in [1.165, 1.54) is 18.8 Å². The number of ether oxygens (including phenoxy) is 1. The maximum Gasteiger partial charge on any atom is 0.319 e. The molecule has 10 heteroatoms. The van der Waals surface area contributed by atoms with Gasteiger partial charge < -0.3 is 14.5 Å². The van der Waals surface area contributed by atoms with Crippen molar-refractivity contribution in [2.75, 3.05) is 25.1 Å². The third-order valence-electron chi connectivity index (χ3n) is 6.67. The number of aromatic nitrogens is 4. The van der Waals surface area contributed by atoms with Gasteiger partial charge in [-0.1, -0.05) is 18.0 Å². The monoisotopic (exact) mass is 474 g/mol. The van der Waals surface area contributed by atoms with Crippen LogP contribution < -0.4 is 9.64 Å². The van der Waals surface area contributed by atoms with Crippen molar-refractivity contribution >= 4 is 28.3 Å². The fraction of sp³-hybridized carbons (Fsp3) is 0.478. The van der Waals surface area contributed by atoms with E-state index in [9.17, 15) is 8.78 Å². The first kappa shape index (κ1) is 22.2. The lowest BCUT2D eigenvalue weighted by Gasteiger charge is -2.36. The van der Waals surface area contributed by atoms with Gasteiger partial charge in [-0.15, -0.1) is 0 Å². The van der Waals surface area contributed by atoms with Gasteiger partial charge in [-0.25, -0.2) is 13.8 Å². The van der Waals surface area contributed by atoms with E-state index in [-0.39, 0.29) is 41.1 Å². The summed E-state index contributed by atoms with van der Waals surface area (Å²) in [6, 6.07) is 0.288. The maximum absolute atomic E-state index is 14.9. The van der Waals surface area contributed by atoms with E-state index in [2.05, 4.69) is 31.9 Å².